The predicted octanol–water partition coefficient (Wildman–Crippen LogP) is 3.73. The molecule has 6 heteroatoms. The second kappa shape index (κ2) is 15.2. The Balaban J connectivity index is 0.00000625. The number of aliphatic hydroxyl groups is 1. The number of guanidine groups is 1. The van der Waals surface area contributed by atoms with Crippen molar-refractivity contribution in [3.8, 4) is 0 Å². The van der Waals surface area contributed by atoms with Gasteiger partial charge in [-0.1, -0.05) is 57.0 Å². The maximum absolute atomic E-state index is 10.2. The lowest BCUT2D eigenvalue weighted by atomic mass is 10.0. The average molecular weight is 477 g/mol. The van der Waals surface area contributed by atoms with Crippen molar-refractivity contribution in [3.63, 3.8) is 0 Å². The van der Waals surface area contributed by atoms with E-state index in [-0.39, 0.29) is 36.7 Å². The molecule has 0 aliphatic carbocycles. The third-order valence-corrected chi connectivity index (χ3v) is 4.32. The Bertz CT molecular complexity index is 481. The Kier molecular flexibility index (Phi) is 14.7. The number of nitrogens with zero attached hydrogens (tertiary/aromatic N) is 1. The second-order valence-electron chi connectivity index (χ2n) is 6.32. The molecule has 0 spiro atoms. The van der Waals surface area contributed by atoms with Crippen LogP contribution >= 0.6 is 24.0 Å². The summed E-state index contributed by atoms with van der Waals surface area (Å²) in [5.41, 5.74) is 1.11. The van der Waals surface area contributed by atoms with Crippen LogP contribution in [0.3, 0.4) is 0 Å². The number of hydrogen-bond donors (Lipinski definition) is 3. The van der Waals surface area contributed by atoms with Crippen molar-refractivity contribution in [3.05, 3.63) is 35.9 Å². The van der Waals surface area contributed by atoms with Crippen LogP contribution < -0.4 is 10.6 Å². The van der Waals surface area contributed by atoms with E-state index < -0.39 is 6.10 Å². The van der Waals surface area contributed by atoms with E-state index >= 15 is 0 Å². The summed E-state index contributed by atoms with van der Waals surface area (Å²) in [5, 5.41) is 16.6. The molecule has 0 heterocycles. The SMILES string of the molecule is CCNC(=NCC(CC)CC)NCC(O)COC(C)c1ccccc1.I. The minimum Gasteiger partial charge on any atom is -0.389 e. The van der Waals surface area contributed by atoms with Gasteiger partial charge in [0.25, 0.3) is 0 Å². The molecule has 0 bridgehead atoms. The number of ether oxygens (including phenoxy) is 1. The summed E-state index contributed by atoms with van der Waals surface area (Å²) in [4.78, 5) is 4.61. The Morgan fingerprint density at radius 2 is 1.77 bits per heavy atom. The number of halogens is 1. The standard InChI is InChI=1S/C20H35N3O2.HI/c1-5-17(6-2)13-22-20(21-7-3)23-14-19(24)15-25-16(4)18-11-9-8-10-12-18;/h8-12,16-17,19,24H,5-7,13-15H2,1-4H3,(H2,21,22,23);1H. The van der Waals surface area contributed by atoms with E-state index in [9.17, 15) is 5.11 Å². The Hall–Kier alpha value is -0.860. The van der Waals surface area contributed by atoms with Crippen LogP contribution in [0, 0.1) is 5.92 Å². The molecule has 0 aliphatic rings. The zero-order valence-corrected chi connectivity index (χ0v) is 18.9. The molecule has 0 amide bonds. The normalized spacial score (nSPS) is 13.8. The number of benzene rings is 1. The fourth-order valence-corrected chi connectivity index (χ4v) is 2.46. The van der Waals surface area contributed by atoms with E-state index in [4.69, 9.17) is 4.74 Å². The largest absolute Gasteiger partial charge is 0.389 e. The lowest BCUT2D eigenvalue weighted by Gasteiger charge is -2.19. The maximum Gasteiger partial charge on any atom is 0.191 e. The molecule has 0 radical (unpaired) electrons. The molecule has 150 valence electrons. The molecular weight excluding hydrogens is 441 g/mol. The first kappa shape index (κ1) is 25.1. The van der Waals surface area contributed by atoms with E-state index in [1.807, 2.05) is 44.2 Å². The second-order valence-corrected chi connectivity index (χ2v) is 6.32. The summed E-state index contributed by atoms with van der Waals surface area (Å²) in [6.45, 7) is 10.7. The highest BCUT2D eigenvalue weighted by molar-refractivity contribution is 14.0. The highest BCUT2D eigenvalue weighted by Gasteiger charge is 2.11. The molecular formula is C20H36IN3O2. The van der Waals surface area contributed by atoms with E-state index in [1.165, 1.54) is 0 Å². The van der Waals surface area contributed by atoms with Crippen molar-refractivity contribution in [2.45, 2.75) is 52.7 Å². The number of aliphatic hydroxyl groups excluding tert-OH is 1. The van der Waals surface area contributed by atoms with Gasteiger partial charge >= 0.3 is 0 Å². The molecule has 2 atom stereocenters. The first-order chi connectivity index (χ1) is 12.1. The van der Waals surface area contributed by atoms with Crippen molar-refractivity contribution in [2.24, 2.45) is 10.9 Å². The van der Waals surface area contributed by atoms with Crippen LogP contribution in [0.15, 0.2) is 35.3 Å². The number of hydrogen-bond acceptors (Lipinski definition) is 3. The molecule has 5 nitrogen and oxygen atoms in total. The number of nitrogens with one attached hydrogen (secondary N) is 2. The molecule has 0 aliphatic heterocycles. The molecule has 26 heavy (non-hydrogen) atoms. The Labute approximate surface area is 176 Å². The molecule has 1 rings (SSSR count). The molecule has 0 saturated heterocycles. The van der Waals surface area contributed by atoms with E-state index in [0.29, 0.717) is 12.5 Å². The minimum atomic E-state index is -0.580. The van der Waals surface area contributed by atoms with Gasteiger partial charge in [0.15, 0.2) is 5.96 Å². The fourth-order valence-electron chi connectivity index (χ4n) is 2.46. The zero-order chi connectivity index (χ0) is 18.5. The smallest absolute Gasteiger partial charge is 0.191 e. The van der Waals surface area contributed by atoms with Gasteiger partial charge in [0.2, 0.25) is 0 Å². The summed E-state index contributed by atoms with van der Waals surface area (Å²) in [6.07, 6.45) is 1.65. The summed E-state index contributed by atoms with van der Waals surface area (Å²) < 4.78 is 5.76. The topological polar surface area (TPSA) is 65.9 Å². The summed E-state index contributed by atoms with van der Waals surface area (Å²) in [7, 11) is 0. The predicted molar refractivity (Wildman–Crippen MR) is 120 cm³/mol. The zero-order valence-electron chi connectivity index (χ0n) is 16.6. The van der Waals surface area contributed by atoms with Gasteiger partial charge in [-0.05, 0) is 25.3 Å². The van der Waals surface area contributed by atoms with Crippen molar-refractivity contribution in [1.82, 2.24) is 10.6 Å². The van der Waals surface area contributed by atoms with Crippen molar-refractivity contribution >= 4 is 29.9 Å². The Morgan fingerprint density at radius 3 is 2.35 bits per heavy atom. The highest BCUT2D eigenvalue weighted by Crippen LogP contribution is 2.15. The van der Waals surface area contributed by atoms with Crippen molar-refractivity contribution < 1.29 is 9.84 Å². The quantitative estimate of drug-likeness (QED) is 0.258. The summed E-state index contributed by atoms with van der Waals surface area (Å²) in [6, 6.07) is 10.0. The van der Waals surface area contributed by atoms with Crippen LogP contribution in [-0.2, 0) is 4.74 Å². The van der Waals surface area contributed by atoms with Gasteiger partial charge in [-0.3, -0.25) is 4.99 Å². The first-order valence-electron chi connectivity index (χ1n) is 9.47. The fraction of sp³-hybridized carbons (Fsp3) is 0.650. The third-order valence-electron chi connectivity index (χ3n) is 4.32. The van der Waals surface area contributed by atoms with Gasteiger partial charge in [-0.25, -0.2) is 0 Å². The molecule has 1 aromatic carbocycles. The van der Waals surface area contributed by atoms with E-state index in [2.05, 4.69) is 29.5 Å². The molecule has 0 fully saturated rings. The van der Waals surface area contributed by atoms with Crippen LogP contribution in [0.25, 0.3) is 0 Å². The van der Waals surface area contributed by atoms with E-state index in [0.717, 1.165) is 37.5 Å². The van der Waals surface area contributed by atoms with Gasteiger partial charge in [0, 0.05) is 19.6 Å². The maximum atomic E-state index is 10.2. The van der Waals surface area contributed by atoms with Gasteiger partial charge < -0.3 is 20.5 Å². The molecule has 3 N–H and O–H groups in total. The lowest BCUT2D eigenvalue weighted by Crippen LogP contribution is -2.42. The van der Waals surface area contributed by atoms with Crippen molar-refractivity contribution in [1.29, 1.82) is 0 Å². The van der Waals surface area contributed by atoms with Gasteiger partial charge in [0.05, 0.1) is 18.8 Å². The molecule has 0 aromatic heterocycles. The van der Waals surface area contributed by atoms with Crippen LogP contribution in [-0.4, -0.2) is 43.4 Å². The third kappa shape index (κ3) is 10.3. The highest BCUT2D eigenvalue weighted by atomic mass is 127. The van der Waals surface area contributed by atoms with Gasteiger partial charge in [-0.15, -0.1) is 24.0 Å². The van der Waals surface area contributed by atoms with Gasteiger partial charge in [-0.2, -0.15) is 0 Å². The van der Waals surface area contributed by atoms with Crippen LogP contribution in [0.2, 0.25) is 0 Å². The van der Waals surface area contributed by atoms with E-state index in [1.54, 1.807) is 0 Å². The van der Waals surface area contributed by atoms with Crippen LogP contribution in [0.4, 0.5) is 0 Å². The Morgan fingerprint density at radius 1 is 1.12 bits per heavy atom. The van der Waals surface area contributed by atoms with Crippen molar-refractivity contribution in [2.75, 3.05) is 26.2 Å². The summed E-state index contributed by atoms with van der Waals surface area (Å²) >= 11 is 0. The minimum absolute atomic E-state index is 0. The van der Waals surface area contributed by atoms with Crippen LogP contribution in [0.1, 0.15) is 52.2 Å². The summed E-state index contributed by atoms with van der Waals surface area (Å²) in [5.74, 6) is 1.36. The van der Waals surface area contributed by atoms with Gasteiger partial charge in [0.1, 0.15) is 0 Å². The number of aliphatic imine (C=N–C) groups is 1. The van der Waals surface area contributed by atoms with Crippen LogP contribution in [0.5, 0.6) is 0 Å². The molecule has 2 unspecified atom stereocenters. The first-order valence-corrected chi connectivity index (χ1v) is 9.47. The average Bonchev–Trinajstić information content (AvgIpc) is 2.65. The molecule has 1 aromatic rings. The number of rotatable bonds is 11. The monoisotopic (exact) mass is 477 g/mol. The molecule has 0 saturated carbocycles. The lowest BCUT2D eigenvalue weighted by molar-refractivity contribution is -0.000600.